The van der Waals surface area contributed by atoms with Gasteiger partial charge in [-0.25, -0.2) is 12.8 Å². The Kier molecular flexibility index (Phi) is 5.76. The Morgan fingerprint density at radius 3 is 2.33 bits per heavy atom. The number of piperazine rings is 1. The smallest absolute Gasteiger partial charge is 0.238 e. The van der Waals surface area contributed by atoms with Crippen molar-refractivity contribution >= 4 is 27.1 Å². The molecule has 1 fully saturated rings. The van der Waals surface area contributed by atoms with Crippen molar-refractivity contribution in [1.82, 2.24) is 4.90 Å². The molecule has 2 aromatic carbocycles. The van der Waals surface area contributed by atoms with Crippen LogP contribution in [0.4, 0.5) is 15.8 Å². The van der Waals surface area contributed by atoms with Crippen molar-refractivity contribution in [2.45, 2.75) is 4.90 Å². The molecule has 27 heavy (non-hydrogen) atoms. The van der Waals surface area contributed by atoms with Crippen LogP contribution < -0.4 is 10.2 Å². The molecule has 1 amide bonds. The molecule has 8 heteroatoms. The van der Waals surface area contributed by atoms with Gasteiger partial charge in [0, 0.05) is 32.4 Å². The van der Waals surface area contributed by atoms with E-state index in [1.54, 1.807) is 30.3 Å². The molecule has 0 bridgehead atoms. The van der Waals surface area contributed by atoms with Crippen LogP contribution in [0.1, 0.15) is 0 Å². The normalized spacial score (nSPS) is 15.6. The number of carbonyl (C=O) groups excluding carboxylic acids is 1. The molecule has 1 N–H and O–H groups in total. The van der Waals surface area contributed by atoms with Crippen molar-refractivity contribution in [3.8, 4) is 0 Å². The minimum Gasteiger partial charge on any atom is -0.368 e. The summed E-state index contributed by atoms with van der Waals surface area (Å²) in [7, 11) is -3.31. The van der Waals surface area contributed by atoms with Crippen LogP contribution in [0.5, 0.6) is 0 Å². The van der Waals surface area contributed by atoms with Crippen molar-refractivity contribution in [2.24, 2.45) is 0 Å². The van der Waals surface area contributed by atoms with Crippen molar-refractivity contribution < 1.29 is 17.6 Å². The molecule has 1 saturated heterocycles. The number of benzene rings is 2. The molecule has 2 aromatic rings. The standard InChI is InChI=1S/C19H22FN3O3S/c1-27(25,26)18-9-5-4-8-17(18)23-12-10-22(11-13-23)14-19(24)21-16-7-3-2-6-15(16)20/h2-9H,10-14H2,1H3,(H,21,24). The molecule has 0 aliphatic carbocycles. The molecular formula is C19H22FN3O3S. The first-order chi connectivity index (χ1) is 12.8. The molecular weight excluding hydrogens is 369 g/mol. The maximum absolute atomic E-state index is 13.6. The zero-order valence-electron chi connectivity index (χ0n) is 15.1. The summed E-state index contributed by atoms with van der Waals surface area (Å²) < 4.78 is 37.6. The number of hydrogen-bond donors (Lipinski definition) is 1. The van der Waals surface area contributed by atoms with Gasteiger partial charge in [0.15, 0.2) is 9.84 Å². The van der Waals surface area contributed by atoms with E-state index in [9.17, 15) is 17.6 Å². The van der Waals surface area contributed by atoms with Crippen LogP contribution in [-0.2, 0) is 14.6 Å². The fourth-order valence-corrected chi connectivity index (χ4v) is 4.04. The van der Waals surface area contributed by atoms with Crippen LogP contribution >= 0.6 is 0 Å². The number of halogens is 1. The minimum atomic E-state index is -3.31. The van der Waals surface area contributed by atoms with Gasteiger partial charge < -0.3 is 10.2 Å². The maximum atomic E-state index is 13.6. The van der Waals surface area contributed by atoms with Crippen LogP contribution in [0.3, 0.4) is 0 Å². The van der Waals surface area contributed by atoms with E-state index in [0.717, 1.165) is 0 Å². The largest absolute Gasteiger partial charge is 0.368 e. The highest BCUT2D eigenvalue weighted by atomic mass is 32.2. The monoisotopic (exact) mass is 391 g/mol. The zero-order valence-corrected chi connectivity index (χ0v) is 15.9. The Morgan fingerprint density at radius 1 is 1.04 bits per heavy atom. The third-order valence-corrected chi connectivity index (χ3v) is 5.64. The molecule has 3 rings (SSSR count). The van der Waals surface area contributed by atoms with Crippen LogP contribution in [0.2, 0.25) is 0 Å². The second kappa shape index (κ2) is 8.06. The number of anilines is 2. The first-order valence-electron chi connectivity index (χ1n) is 8.65. The van der Waals surface area contributed by atoms with E-state index in [-0.39, 0.29) is 18.1 Å². The second-order valence-electron chi connectivity index (χ2n) is 6.53. The van der Waals surface area contributed by atoms with E-state index in [0.29, 0.717) is 36.8 Å². The summed E-state index contributed by atoms with van der Waals surface area (Å²) in [6.45, 7) is 2.61. The molecule has 0 aromatic heterocycles. The van der Waals surface area contributed by atoms with E-state index in [1.165, 1.54) is 18.4 Å². The van der Waals surface area contributed by atoms with Crippen LogP contribution in [0.25, 0.3) is 0 Å². The Hall–Kier alpha value is -2.45. The van der Waals surface area contributed by atoms with Gasteiger partial charge in [0.1, 0.15) is 5.82 Å². The average molecular weight is 391 g/mol. The van der Waals surface area contributed by atoms with Crippen molar-refractivity contribution in [3.63, 3.8) is 0 Å². The van der Waals surface area contributed by atoms with Crippen molar-refractivity contribution in [2.75, 3.05) is 49.2 Å². The fraction of sp³-hybridized carbons (Fsp3) is 0.316. The number of amides is 1. The molecule has 0 saturated carbocycles. The van der Waals surface area contributed by atoms with Crippen molar-refractivity contribution in [1.29, 1.82) is 0 Å². The summed E-state index contributed by atoms with van der Waals surface area (Å²) in [5.74, 6) is -0.738. The summed E-state index contributed by atoms with van der Waals surface area (Å²) in [6, 6.07) is 13.0. The third kappa shape index (κ3) is 4.84. The molecule has 144 valence electrons. The van der Waals surface area contributed by atoms with E-state index in [1.807, 2.05) is 15.9 Å². The SMILES string of the molecule is CS(=O)(=O)c1ccccc1N1CCN(CC(=O)Nc2ccccc2F)CC1. The maximum Gasteiger partial charge on any atom is 0.238 e. The Bertz CT molecular complexity index is 925. The summed E-state index contributed by atoms with van der Waals surface area (Å²) in [4.78, 5) is 16.5. The molecule has 0 radical (unpaired) electrons. The predicted molar refractivity (Wildman–Crippen MR) is 103 cm³/mol. The van der Waals surface area contributed by atoms with Crippen LogP contribution in [0, 0.1) is 5.82 Å². The highest BCUT2D eigenvalue weighted by Gasteiger charge is 2.23. The average Bonchev–Trinajstić information content (AvgIpc) is 2.63. The second-order valence-corrected chi connectivity index (χ2v) is 8.52. The van der Waals surface area contributed by atoms with Gasteiger partial charge in [-0.15, -0.1) is 0 Å². The van der Waals surface area contributed by atoms with Gasteiger partial charge in [-0.2, -0.15) is 0 Å². The summed E-state index contributed by atoms with van der Waals surface area (Å²) in [6.07, 6.45) is 1.20. The number of carbonyl (C=O) groups is 1. The van der Waals surface area contributed by atoms with E-state index in [2.05, 4.69) is 5.32 Å². The van der Waals surface area contributed by atoms with Gasteiger partial charge in [-0.3, -0.25) is 9.69 Å². The number of para-hydroxylation sites is 2. The van der Waals surface area contributed by atoms with Gasteiger partial charge in [0.05, 0.1) is 22.8 Å². The van der Waals surface area contributed by atoms with Gasteiger partial charge in [-0.1, -0.05) is 24.3 Å². The van der Waals surface area contributed by atoms with E-state index in [4.69, 9.17) is 0 Å². The molecule has 1 aliphatic heterocycles. The van der Waals surface area contributed by atoms with Crippen LogP contribution in [0.15, 0.2) is 53.4 Å². The lowest BCUT2D eigenvalue weighted by atomic mass is 10.2. The number of rotatable bonds is 5. The zero-order chi connectivity index (χ0) is 19.4. The van der Waals surface area contributed by atoms with Gasteiger partial charge in [0.2, 0.25) is 5.91 Å². The highest BCUT2D eigenvalue weighted by molar-refractivity contribution is 7.90. The van der Waals surface area contributed by atoms with E-state index >= 15 is 0 Å². The van der Waals surface area contributed by atoms with Gasteiger partial charge in [-0.05, 0) is 24.3 Å². The lowest BCUT2D eigenvalue weighted by Gasteiger charge is -2.36. The van der Waals surface area contributed by atoms with Gasteiger partial charge >= 0.3 is 0 Å². The fourth-order valence-electron chi connectivity index (χ4n) is 3.13. The summed E-state index contributed by atoms with van der Waals surface area (Å²) >= 11 is 0. The third-order valence-electron chi connectivity index (χ3n) is 4.49. The molecule has 0 spiro atoms. The number of sulfone groups is 1. The van der Waals surface area contributed by atoms with Crippen LogP contribution in [-0.4, -0.2) is 58.2 Å². The lowest BCUT2D eigenvalue weighted by molar-refractivity contribution is -0.117. The van der Waals surface area contributed by atoms with Crippen molar-refractivity contribution in [3.05, 3.63) is 54.3 Å². The number of nitrogens with zero attached hydrogens (tertiary/aromatic N) is 2. The minimum absolute atomic E-state index is 0.163. The molecule has 0 unspecified atom stereocenters. The quantitative estimate of drug-likeness (QED) is 0.844. The predicted octanol–water partition coefficient (Wildman–Crippen LogP) is 1.99. The first-order valence-corrected chi connectivity index (χ1v) is 10.5. The summed E-state index contributed by atoms with van der Waals surface area (Å²) in [5, 5.41) is 2.58. The molecule has 0 atom stereocenters. The lowest BCUT2D eigenvalue weighted by Crippen LogP contribution is -2.49. The highest BCUT2D eigenvalue weighted by Crippen LogP contribution is 2.25. The number of hydrogen-bond acceptors (Lipinski definition) is 5. The number of nitrogens with one attached hydrogen (secondary N) is 1. The summed E-state index contributed by atoms with van der Waals surface area (Å²) in [5.41, 5.74) is 0.860. The van der Waals surface area contributed by atoms with E-state index < -0.39 is 15.7 Å². The molecule has 1 aliphatic rings. The Labute approximate surface area is 158 Å². The Morgan fingerprint density at radius 2 is 1.67 bits per heavy atom. The molecule has 1 heterocycles. The molecule has 6 nitrogen and oxygen atoms in total. The van der Waals surface area contributed by atoms with Gasteiger partial charge in [0.25, 0.3) is 0 Å². The topological polar surface area (TPSA) is 69.7 Å². The Balaban J connectivity index is 1.58. The first kappa shape index (κ1) is 19.3.